The molecule has 9 nitrogen and oxygen atoms in total. The molecule has 2 fully saturated rings. The first-order chi connectivity index (χ1) is 22.2. The highest BCUT2D eigenvalue weighted by molar-refractivity contribution is 8.18. The standard InChI is InChI=1S/C33H29F3N6O3S/c34-33(35,36)23-16-25(39-28(17-23)22-6-8-27(9-7-22)45-26-4-2-1-3-5-26)20-37-19-21-11-14-42(15-12-21)31-38-13-10-24(40-31)18-29-30(43)41-32(44)46-29/h1-10,13,16-18,21,37H,11-12,14-15,19-20H2,(H,41,43,44)/b29-18+. The monoisotopic (exact) mass is 646 g/mol. The fraction of sp³-hybridized carbons (Fsp3) is 0.242. The Morgan fingerprint density at radius 2 is 1.72 bits per heavy atom. The zero-order valence-electron chi connectivity index (χ0n) is 24.5. The van der Waals surface area contributed by atoms with Crippen molar-refractivity contribution in [3.63, 3.8) is 0 Å². The minimum atomic E-state index is -4.51. The number of benzene rings is 2. The maximum Gasteiger partial charge on any atom is 0.416 e. The van der Waals surface area contributed by atoms with Gasteiger partial charge in [0.1, 0.15) is 11.5 Å². The van der Waals surface area contributed by atoms with Crippen molar-refractivity contribution < 1.29 is 27.5 Å². The number of carbonyl (C=O) groups excluding carboxylic acids is 2. The van der Waals surface area contributed by atoms with Crippen LogP contribution in [0.2, 0.25) is 0 Å². The normalized spacial score (nSPS) is 16.6. The molecule has 0 bridgehead atoms. The number of nitrogens with zero attached hydrogens (tertiary/aromatic N) is 4. The van der Waals surface area contributed by atoms with Gasteiger partial charge in [-0.15, -0.1) is 0 Å². The summed E-state index contributed by atoms with van der Waals surface area (Å²) in [6, 6.07) is 19.9. The second-order valence-corrected chi connectivity index (χ2v) is 11.9. The predicted octanol–water partition coefficient (Wildman–Crippen LogP) is 6.68. The van der Waals surface area contributed by atoms with Crippen molar-refractivity contribution in [1.29, 1.82) is 0 Å². The second kappa shape index (κ2) is 13.7. The highest BCUT2D eigenvalue weighted by atomic mass is 32.2. The van der Waals surface area contributed by atoms with Gasteiger partial charge in [0.05, 0.1) is 27.6 Å². The highest BCUT2D eigenvalue weighted by Gasteiger charge is 2.32. The summed E-state index contributed by atoms with van der Waals surface area (Å²) in [5.41, 5.74) is 0.889. The van der Waals surface area contributed by atoms with Crippen LogP contribution < -0.4 is 20.3 Å². The van der Waals surface area contributed by atoms with E-state index in [1.165, 1.54) is 0 Å². The van der Waals surface area contributed by atoms with Gasteiger partial charge in [-0.2, -0.15) is 13.2 Å². The number of para-hydroxylation sites is 1. The topological polar surface area (TPSA) is 109 Å². The number of pyridine rings is 1. The molecule has 6 rings (SSSR count). The number of aromatic nitrogens is 3. The lowest BCUT2D eigenvalue weighted by atomic mass is 9.97. The molecule has 13 heteroatoms. The van der Waals surface area contributed by atoms with Gasteiger partial charge in [-0.3, -0.25) is 19.9 Å². The number of nitrogens with one attached hydrogen (secondary N) is 2. The van der Waals surface area contributed by atoms with Gasteiger partial charge in [-0.05, 0) is 97.7 Å². The third-order valence-corrected chi connectivity index (χ3v) is 8.37. The first kappa shape index (κ1) is 31.2. The van der Waals surface area contributed by atoms with E-state index in [1.54, 1.807) is 42.6 Å². The van der Waals surface area contributed by atoms with E-state index >= 15 is 0 Å². The summed E-state index contributed by atoms with van der Waals surface area (Å²) in [5.74, 6) is 1.64. The molecule has 46 heavy (non-hydrogen) atoms. The van der Waals surface area contributed by atoms with Crippen LogP contribution in [0.1, 0.15) is 29.8 Å². The zero-order chi connectivity index (χ0) is 32.1. The molecule has 0 spiro atoms. The van der Waals surface area contributed by atoms with Gasteiger partial charge in [-0.25, -0.2) is 9.97 Å². The smallest absolute Gasteiger partial charge is 0.416 e. The van der Waals surface area contributed by atoms with E-state index in [9.17, 15) is 22.8 Å². The Morgan fingerprint density at radius 1 is 0.978 bits per heavy atom. The van der Waals surface area contributed by atoms with Gasteiger partial charge in [0, 0.05) is 31.4 Å². The van der Waals surface area contributed by atoms with E-state index in [0.717, 1.165) is 36.7 Å². The largest absolute Gasteiger partial charge is 0.457 e. The van der Waals surface area contributed by atoms with Crippen LogP contribution in [-0.2, 0) is 17.5 Å². The highest BCUT2D eigenvalue weighted by Crippen LogP contribution is 2.33. The van der Waals surface area contributed by atoms with Crippen LogP contribution in [0.25, 0.3) is 17.3 Å². The first-order valence-electron chi connectivity index (χ1n) is 14.6. The summed E-state index contributed by atoms with van der Waals surface area (Å²) in [6.07, 6.45) is 0.353. The van der Waals surface area contributed by atoms with Crippen molar-refractivity contribution in [3.05, 3.63) is 101 Å². The van der Waals surface area contributed by atoms with Crippen molar-refractivity contribution in [3.8, 4) is 22.8 Å². The lowest BCUT2D eigenvalue weighted by Gasteiger charge is -2.32. The zero-order valence-corrected chi connectivity index (χ0v) is 25.3. The summed E-state index contributed by atoms with van der Waals surface area (Å²) >= 11 is 0.834. The first-order valence-corrected chi connectivity index (χ1v) is 15.5. The van der Waals surface area contributed by atoms with E-state index < -0.39 is 22.9 Å². The SMILES string of the molecule is O=C1NC(=O)/C(=C\c2ccnc(N3CCC(CNCc4cc(C(F)(F)F)cc(-c5ccc(Oc6ccccc6)cc5)n4)CC3)n2)S1. The Labute approximate surface area is 267 Å². The Kier molecular flexibility index (Phi) is 9.31. The maximum atomic E-state index is 13.8. The van der Waals surface area contributed by atoms with E-state index in [4.69, 9.17) is 4.74 Å². The van der Waals surface area contributed by atoms with Crippen molar-refractivity contribution in [2.75, 3.05) is 24.5 Å². The minimum absolute atomic E-state index is 0.195. The lowest BCUT2D eigenvalue weighted by Crippen LogP contribution is -2.38. The summed E-state index contributed by atoms with van der Waals surface area (Å²) < 4.78 is 47.2. The molecule has 0 unspecified atom stereocenters. The van der Waals surface area contributed by atoms with Crippen molar-refractivity contribution >= 4 is 34.9 Å². The number of rotatable bonds is 9. The van der Waals surface area contributed by atoms with Gasteiger partial charge in [0.15, 0.2) is 0 Å². The molecule has 0 aliphatic carbocycles. The molecule has 2 aromatic heterocycles. The van der Waals surface area contributed by atoms with Crippen molar-refractivity contribution in [2.45, 2.75) is 25.6 Å². The van der Waals surface area contributed by atoms with Crippen LogP contribution in [0, 0.1) is 5.92 Å². The van der Waals surface area contributed by atoms with Gasteiger partial charge in [0.2, 0.25) is 5.95 Å². The summed E-state index contributed by atoms with van der Waals surface area (Å²) in [6.45, 7) is 2.23. The van der Waals surface area contributed by atoms with Crippen LogP contribution in [-0.4, -0.2) is 45.7 Å². The number of thioether (sulfide) groups is 1. The van der Waals surface area contributed by atoms with Crippen LogP contribution in [0.4, 0.5) is 23.9 Å². The molecule has 2 aliphatic heterocycles. The molecular formula is C33H29F3N6O3S. The fourth-order valence-electron chi connectivity index (χ4n) is 5.20. The van der Waals surface area contributed by atoms with Gasteiger partial charge in [0.25, 0.3) is 11.1 Å². The van der Waals surface area contributed by atoms with Gasteiger partial charge < -0.3 is 15.0 Å². The number of piperidine rings is 1. The quantitative estimate of drug-likeness (QED) is 0.193. The van der Waals surface area contributed by atoms with Crippen LogP contribution in [0.3, 0.4) is 0 Å². The molecule has 236 valence electrons. The van der Waals surface area contributed by atoms with E-state index in [-0.39, 0.29) is 17.1 Å². The van der Waals surface area contributed by atoms with E-state index in [0.29, 0.717) is 60.0 Å². The number of hydrogen-bond donors (Lipinski definition) is 2. The summed E-state index contributed by atoms with van der Waals surface area (Å²) in [4.78, 5) is 39.1. The number of alkyl halides is 3. The molecule has 2 N–H and O–H groups in total. The Bertz CT molecular complexity index is 1740. The minimum Gasteiger partial charge on any atom is -0.457 e. The maximum absolute atomic E-state index is 13.8. The number of halogens is 3. The number of ether oxygens (including phenoxy) is 1. The number of hydrogen-bond acceptors (Lipinski definition) is 9. The average molecular weight is 647 g/mol. The molecular weight excluding hydrogens is 617 g/mol. The molecule has 0 atom stereocenters. The molecule has 0 saturated carbocycles. The number of amides is 2. The summed E-state index contributed by atoms with van der Waals surface area (Å²) in [5, 5.41) is 5.11. The number of anilines is 1. The fourth-order valence-corrected chi connectivity index (χ4v) is 5.87. The van der Waals surface area contributed by atoms with Crippen molar-refractivity contribution in [2.24, 2.45) is 5.92 Å². The van der Waals surface area contributed by atoms with E-state index in [2.05, 4.69) is 30.5 Å². The van der Waals surface area contributed by atoms with Gasteiger partial charge in [-0.1, -0.05) is 18.2 Å². The molecule has 4 heterocycles. The second-order valence-electron chi connectivity index (χ2n) is 10.9. The summed E-state index contributed by atoms with van der Waals surface area (Å²) in [7, 11) is 0. The van der Waals surface area contributed by atoms with Gasteiger partial charge >= 0.3 is 6.18 Å². The van der Waals surface area contributed by atoms with Crippen LogP contribution >= 0.6 is 11.8 Å². The van der Waals surface area contributed by atoms with Crippen LogP contribution in [0.5, 0.6) is 11.5 Å². The lowest BCUT2D eigenvalue weighted by molar-refractivity contribution is -0.137. The average Bonchev–Trinajstić information content (AvgIpc) is 3.37. The Morgan fingerprint density at radius 3 is 2.41 bits per heavy atom. The molecule has 2 amide bonds. The number of imide groups is 1. The molecule has 2 aliphatic rings. The molecule has 0 radical (unpaired) electrons. The van der Waals surface area contributed by atoms with Crippen molar-refractivity contribution in [1.82, 2.24) is 25.6 Å². The molecule has 4 aromatic rings. The predicted molar refractivity (Wildman–Crippen MR) is 169 cm³/mol. The third-order valence-electron chi connectivity index (χ3n) is 7.56. The van der Waals surface area contributed by atoms with Crippen LogP contribution in [0.15, 0.2) is 83.9 Å². The number of carbonyl (C=O) groups is 2. The Balaban J connectivity index is 1.05. The Hall–Kier alpha value is -4.75. The third kappa shape index (κ3) is 7.90. The molecule has 2 saturated heterocycles. The van der Waals surface area contributed by atoms with E-state index in [1.807, 2.05) is 30.3 Å². The molecule has 2 aromatic carbocycles.